The van der Waals surface area contributed by atoms with Gasteiger partial charge in [0.2, 0.25) is 0 Å². The maximum Gasteiger partial charge on any atom is 0.120 e. The quantitative estimate of drug-likeness (QED) is 0.302. The second-order valence-corrected chi connectivity index (χ2v) is 9.56. The van der Waals surface area contributed by atoms with Crippen LogP contribution in [0.5, 0.6) is 11.5 Å². The highest BCUT2D eigenvalue weighted by atomic mass is 16.5. The van der Waals surface area contributed by atoms with Crippen molar-refractivity contribution in [1.29, 1.82) is 0 Å². The van der Waals surface area contributed by atoms with Crippen molar-refractivity contribution in [3.63, 3.8) is 0 Å². The van der Waals surface area contributed by atoms with Crippen molar-refractivity contribution in [2.45, 2.75) is 39.3 Å². The standard InChI is InChI=1S/C32H33NO2/c1-24-19-26(9-10-29(24)22-33-17-5-6-18-33)20-28-13-16-31(35-23-25-7-3-2-4-8-25)21-32(28)27-11-14-30(34)15-12-27/h2-4,7-16,19,21,34H,5-6,17-18,20,22-23H2,1H3. The van der Waals surface area contributed by atoms with Gasteiger partial charge in [-0.05, 0) is 102 Å². The van der Waals surface area contributed by atoms with Gasteiger partial charge in [0.05, 0.1) is 0 Å². The lowest BCUT2D eigenvalue weighted by molar-refractivity contribution is 0.306. The molecule has 0 bridgehead atoms. The number of benzene rings is 4. The average Bonchev–Trinajstić information content (AvgIpc) is 3.39. The molecule has 0 atom stereocenters. The Bertz CT molecular complexity index is 1260. The van der Waals surface area contributed by atoms with Crippen molar-refractivity contribution < 1.29 is 9.84 Å². The number of rotatable bonds is 8. The minimum Gasteiger partial charge on any atom is -0.508 e. The van der Waals surface area contributed by atoms with Crippen molar-refractivity contribution in [3.05, 3.63) is 119 Å². The summed E-state index contributed by atoms with van der Waals surface area (Å²) in [5, 5.41) is 9.80. The van der Waals surface area contributed by atoms with Crippen LogP contribution in [0.15, 0.2) is 91.0 Å². The van der Waals surface area contributed by atoms with Gasteiger partial charge in [0.25, 0.3) is 0 Å². The van der Waals surface area contributed by atoms with Crippen molar-refractivity contribution in [3.8, 4) is 22.6 Å². The van der Waals surface area contributed by atoms with Gasteiger partial charge in [0, 0.05) is 6.54 Å². The molecule has 1 aliphatic rings. The molecular weight excluding hydrogens is 430 g/mol. The molecule has 1 N–H and O–H groups in total. The molecular formula is C32H33NO2. The molecule has 0 amide bonds. The molecule has 1 fully saturated rings. The molecule has 1 saturated heterocycles. The van der Waals surface area contributed by atoms with Crippen molar-refractivity contribution in [2.24, 2.45) is 0 Å². The fourth-order valence-corrected chi connectivity index (χ4v) is 4.90. The van der Waals surface area contributed by atoms with Crippen LogP contribution in [0.2, 0.25) is 0 Å². The van der Waals surface area contributed by atoms with E-state index in [9.17, 15) is 5.11 Å². The second-order valence-electron chi connectivity index (χ2n) is 9.56. The molecule has 0 unspecified atom stereocenters. The van der Waals surface area contributed by atoms with Gasteiger partial charge in [-0.2, -0.15) is 0 Å². The molecule has 1 heterocycles. The number of nitrogens with zero attached hydrogens (tertiary/aromatic N) is 1. The third kappa shape index (κ3) is 5.93. The summed E-state index contributed by atoms with van der Waals surface area (Å²) in [4.78, 5) is 2.55. The van der Waals surface area contributed by atoms with E-state index in [1.54, 1.807) is 12.1 Å². The molecule has 3 heteroatoms. The van der Waals surface area contributed by atoms with Gasteiger partial charge < -0.3 is 9.84 Å². The van der Waals surface area contributed by atoms with Crippen LogP contribution in [0.1, 0.15) is 40.7 Å². The summed E-state index contributed by atoms with van der Waals surface area (Å²) in [6.45, 7) is 6.26. The van der Waals surface area contributed by atoms with E-state index in [-0.39, 0.29) is 5.75 Å². The van der Waals surface area contributed by atoms with Crippen molar-refractivity contribution in [1.82, 2.24) is 4.90 Å². The summed E-state index contributed by atoms with van der Waals surface area (Å²) >= 11 is 0. The second kappa shape index (κ2) is 10.8. The smallest absolute Gasteiger partial charge is 0.120 e. The third-order valence-corrected chi connectivity index (χ3v) is 6.90. The van der Waals surface area contributed by atoms with E-state index in [0.717, 1.165) is 35.4 Å². The van der Waals surface area contributed by atoms with Crippen LogP contribution in [0.25, 0.3) is 11.1 Å². The molecule has 35 heavy (non-hydrogen) atoms. The van der Waals surface area contributed by atoms with Gasteiger partial charge in [-0.3, -0.25) is 4.90 Å². The Balaban J connectivity index is 1.39. The summed E-state index contributed by atoms with van der Waals surface area (Å²) in [5.41, 5.74) is 8.70. The lowest BCUT2D eigenvalue weighted by atomic mass is 9.93. The number of aromatic hydroxyl groups is 1. The zero-order valence-electron chi connectivity index (χ0n) is 20.4. The van der Waals surface area contributed by atoms with Crippen LogP contribution >= 0.6 is 0 Å². The summed E-state index contributed by atoms with van der Waals surface area (Å²) in [7, 11) is 0. The minimum atomic E-state index is 0.274. The van der Waals surface area contributed by atoms with Crippen LogP contribution in [0.3, 0.4) is 0 Å². The van der Waals surface area contributed by atoms with Crippen molar-refractivity contribution in [2.75, 3.05) is 13.1 Å². The summed E-state index contributed by atoms with van der Waals surface area (Å²) in [6.07, 6.45) is 3.49. The first-order valence-corrected chi connectivity index (χ1v) is 12.5. The number of ether oxygens (including phenoxy) is 1. The van der Waals surface area contributed by atoms with E-state index in [4.69, 9.17) is 4.74 Å². The van der Waals surface area contributed by atoms with E-state index in [2.05, 4.69) is 60.4 Å². The lowest BCUT2D eigenvalue weighted by Gasteiger charge is -2.18. The van der Waals surface area contributed by atoms with Crippen LogP contribution in [-0.2, 0) is 19.6 Å². The van der Waals surface area contributed by atoms with E-state index in [1.165, 1.54) is 48.2 Å². The van der Waals surface area contributed by atoms with E-state index >= 15 is 0 Å². The number of phenolic OH excluding ortho intramolecular Hbond substituents is 1. The first-order chi connectivity index (χ1) is 17.1. The Morgan fingerprint density at radius 2 is 1.51 bits per heavy atom. The number of hydrogen-bond donors (Lipinski definition) is 1. The average molecular weight is 464 g/mol. The van der Waals surface area contributed by atoms with E-state index < -0.39 is 0 Å². The first kappa shape index (κ1) is 23.2. The van der Waals surface area contributed by atoms with Crippen LogP contribution in [0, 0.1) is 6.92 Å². The Kier molecular flexibility index (Phi) is 7.15. The van der Waals surface area contributed by atoms with Crippen LogP contribution in [0.4, 0.5) is 0 Å². The van der Waals surface area contributed by atoms with Gasteiger partial charge in [0.15, 0.2) is 0 Å². The number of hydrogen-bond acceptors (Lipinski definition) is 3. The Morgan fingerprint density at radius 1 is 0.771 bits per heavy atom. The van der Waals surface area contributed by atoms with Gasteiger partial charge in [-0.25, -0.2) is 0 Å². The predicted molar refractivity (Wildman–Crippen MR) is 143 cm³/mol. The molecule has 0 spiro atoms. The number of likely N-dealkylation sites (tertiary alicyclic amines) is 1. The zero-order chi connectivity index (χ0) is 24.0. The molecule has 4 aromatic rings. The normalized spacial score (nSPS) is 13.7. The van der Waals surface area contributed by atoms with Gasteiger partial charge in [-0.1, -0.05) is 66.7 Å². The maximum absolute atomic E-state index is 9.80. The molecule has 178 valence electrons. The number of phenols is 1. The highest BCUT2D eigenvalue weighted by Gasteiger charge is 2.14. The minimum absolute atomic E-state index is 0.274. The fourth-order valence-electron chi connectivity index (χ4n) is 4.90. The van der Waals surface area contributed by atoms with E-state index in [0.29, 0.717) is 6.61 Å². The third-order valence-electron chi connectivity index (χ3n) is 6.90. The van der Waals surface area contributed by atoms with Crippen LogP contribution < -0.4 is 4.74 Å². The summed E-state index contributed by atoms with van der Waals surface area (Å²) in [5.74, 6) is 1.12. The maximum atomic E-state index is 9.80. The number of aryl methyl sites for hydroxylation is 1. The topological polar surface area (TPSA) is 32.7 Å². The van der Waals surface area contributed by atoms with Crippen LogP contribution in [-0.4, -0.2) is 23.1 Å². The Hall–Kier alpha value is -3.56. The zero-order valence-corrected chi connectivity index (χ0v) is 20.4. The highest BCUT2D eigenvalue weighted by Crippen LogP contribution is 2.32. The monoisotopic (exact) mass is 463 g/mol. The molecule has 1 aliphatic heterocycles. The molecule has 0 aromatic heterocycles. The molecule has 0 aliphatic carbocycles. The SMILES string of the molecule is Cc1cc(Cc2ccc(OCc3ccccc3)cc2-c2ccc(O)cc2)ccc1CN1CCCC1. The van der Waals surface area contributed by atoms with Crippen molar-refractivity contribution >= 4 is 0 Å². The van der Waals surface area contributed by atoms with Gasteiger partial charge >= 0.3 is 0 Å². The first-order valence-electron chi connectivity index (χ1n) is 12.5. The van der Waals surface area contributed by atoms with E-state index in [1.807, 2.05) is 30.3 Å². The van der Waals surface area contributed by atoms with Gasteiger partial charge in [0.1, 0.15) is 18.1 Å². The van der Waals surface area contributed by atoms with Gasteiger partial charge in [-0.15, -0.1) is 0 Å². The lowest BCUT2D eigenvalue weighted by Crippen LogP contribution is -2.18. The summed E-state index contributed by atoms with van der Waals surface area (Å²) in [6, 6.07) is 30.9. The molecule has 4 aromatic carbocycles. The Morgan fingerprint density at radius 3 is 2.26 bits per heavy atom. The molecule has 5 rings (SSSR count). The summed E-state index contributed by atoms with van der Waals surface area (Å²) < 4.78 is 6.13. The highest BCUT2D eigenvalue weighted by molar-refractivity contribution is 5.70. The molecule has 0 saturated carbocycles. The largest absolute Gasteiger partial charge is 0.508 e. The molecule has 3 nitrogen and oxygen atoms in total. The predicted octanol–water partition coefficient (Wildman–Crippen LogP) is 7.13. The molecule has 0 radical (unpaired) electrons. The fraction of sp³-hybridized carbons (Fsp3) is 0.250. The Labute approximate surface area is 208 Å².